The average molecular weight is 783 g/mol. The van der Waals surface area contributed by atoms with Crippen molar-refractivity contribution in [1.82, 2.24) is 20.9 Å². The van der Waals surface area contributed by atoms with Gasteiger partial charge in [0.15, 0.2) is 0 Å². The van der Waals surface area contributed by atoms with Gasteiger partial charge in [-0.2, -0.15) is 0 Å². The van der Waals surface area contributed by atoms with E-state index < -0.39 is 53.8 Å². The first-order valence-electron chi connectivity index (χ1n) is 18.4. The van der Waals surface area contributed by atoms with Gasteiger partial charge in [-0.3, -0.25) is 19.2 Å². The zero-order valence-electron chi connectivity index (χ0n) is 32.3. The maximum atomic E-state index is 14.5. The average Bonchev–Trinajstić information content (AvgIpc) is 3.21. The Hall–Kier alpha value is -5.88. The second kappa shape index (κ2) is 18.6. The molecule has 1 aliphatic heterocycles. The first kappa shape index (κ1) is 41.3. The number of likely N-dealkylation sites (N-methyl/N-ethyl adjacent to an activating group) is 1. The fourth-order valence-corrected chi connectivity index (χ4v) is 6.84. The number of hydrogen-bond acceptors (Lipinski definition) is 8. The number of amides is 4. The highest BCUT2D eigenvalue weighted by Crippen LogP contribution is 2.40. The molecule has 3 N–H and O–H groups in total. The highest BCUT2D eigenvalue weighted by Gasteiger charge is 2.36. The van der Waals surface area contributed by atoms with Crippen LogP contribution in [0.3, 0.4) is 0 Å². The Morgan fingerprint density at radius 2 is 1.45 bits per heavy atom. The molecule has 4 atom stereocenters. The van der Waals surface area contributed by atoms with E-state index in [-0.39, 0.29) is 6.42 Å². The minimum atomic E-state index is -1.27. The molecule has 5 rings (SSSR count). The van der Waals surface area contributed by atoms with E-state index in [0.717, 1.165) is 17.5 Å². The summed E-state index contributed by atoms with van der Waals surface area (Å²) in [6.45, 7) is 3.47. The van der Waals surface area contributed by atoms with E-state index in [9.17, 15) is 24.0 Å². The number of ether oxygens (including phenoxy) is 3. The summed E-state index contributed by atoms with van der Waals surface area (Å²) in [4.78, 5) is 70.1. The van der Waals surface area contributed by atoms with Crippen molar-refractivity contribution in [2.75, 3.05) is 28.4 Å². The molecule has 1 heterocycles. The smallest absolute Gasteiger partial charge is 0.328 e. The molecule has 294 valence electrons. The van der Waals surface area contributed by atoms with E-state index in [4.69, 9.17) is 25.8 Å². The van der Waals surface area contributed by atoms with Gasteiger partial charge in [-0.1, -0.05) is 67.8 Å². The van der Waals surface area contributed by atoms with E-state index in [1.54, 1.807) is 54.6 Å². The van der Waals surface area contributed by atoms with Gasteiger partial charge >= 0.3 is 5.97 Å². The van der Waals surface area contributed by atoms with Crippen LogP contribution in [-0.4, -0.2) is 81.0 Å². The molecule has 0 unspecified atom stereocenters. The lowest BCUT2D eigenvalue weighted by Gasteiger charge is -2.32. The van der Waals surface area contributed by atoms with Gasteiger partial charge in [0.25, 0.3) is 5.91 Å². The van der Waals surface area contributed by atoms with Crippen molar-refractivity contribution < 1.29 is 38.2 Å². The predicted molar refractivity (Wildman–Crippen MR) is 213 cm³/mol. The third kappa shape index (κ3) is 9.49. The zero-order valence-corrected chi connectivity index (χ0v) is 33.1. The fourth-order valence-electron chi connectivity index (χ4n) is 6.71. The molecular formula is C43H47ClN4O8. The standard InChI is InChI=1S/C43H47ClN4O8/c1-7-8-9-34(46-40(50)29-13-11-27(12-14-29)28-15-18-31(44)19-16-28)42(52)48(3)38-30-17-21-37(55-5)33(24-30)32-22-26(10-20-36(32)54-4)23-35(43(53)56-6)47-39(49)25(2)45-41(38)51/h10-22,24-25,34-35,38H,7-9,23H2,1-6H3,(H,45,51)(H,46,50)(H,47,49)/t25-,34-,35-,38-/m0/s1. The first-order valence-corrected chi connectivity index (χ1v) is 18.7. The van der Waals surface area contributed by atoms with E-state index in [1.165, 1.54) is 40.2 Å². The summed E-state index contributed by atoms with van der Waals surface area (Å²) in [5.41, 5.74) is 4.44. The van der Waals surface area contributed by atoms with Crippen LogP contribution in [0.5, 0.6) is 11.5 Å². The van der Waals surface area contributed by atoms with Gasteiger partial charge in [0.05, 0.1) is 21.3 Å². The van der Waals surface area contributed by atoms with E-state index in [0.29, 0.717) is 57.2 Å². The van der Waals surface area contributed by atoms with Crippen LogP contribution in [0.25, 0.3) is 22.3 Å². The lowest BCUT2D eigenvalue weighted by molar-refractivity contribution is -0.145. The molecule has 0 saturated heterocycles. The molecule has 4 aromatic carbocycles. The van der Waals surface area contributed by atoms with Gasteiger partial charge in [-0.05, 0) is 84.1 Å². The van der Waals surface area contributed by atoms with Crippen molar-refractivity contribution in [1.29, 1.82) is 0 Å². The topological polar surface area (TPSA) is 152 Å². The number of rotatable bonds is 11. The molecule has 0 fully saturated rings. The van der Waals surface area contributed by atoms with Gasteiger partial charge in [0, 0.05) is 35.2 Å². The molecule has 4 bridgehead atoms. The summed E-state index contributed by atoms with van der Waals surface area (Å²) in [7, 11) is 5.76. The number of fused-ring (bicyclic) bond motifs is 5. The molecule has 56 heavy (non-hydrogen) atoms. The van der Waals surface area contributed by atoms with Crippen molar-refractivity contribution in [3.8, 4) is 33.8 Å². The number of nitrogens with zero attached hydrogens (tertiary/aromatic N) is 1. The number of halogens is 1. The van der Waals surface area contributed by atoms with Crippen LogP contribution in [0.15, 0.2) is 84.9 Å². The van der Waals surface area contributed by atoms with Gasteiger partial charge < -0.3 is 35.1 Å². The first-order chi connectivity index (χ1) is 26.9. The van der Waals surface area contributed by atoms with E-state index in [2.05, 4.69) is 16.0 Å². The Balaban J connectivity index is 1.53. The second-order valence-electron chi connectivity index (χ2n) is 13.6. The van der Waals surface area contributed by atoms with E-state index >= 15 is 0 Å². The van der Waals surface area contributed by atoms with Gasteiger partial charge in [0.2, 0.25) is 17.7 Å². The fraction of sp³-hybridized carbons (Fsp3) is 0.326. The highest BCUT2D eigenvalue weighted by atomic mass is 35.5. The Kier molecular flexibility index (Phi) is 13.7. The molecule has 12 nitrogen and oxygen atoms in total. The minimum absolute atomic E-state index is 0.0926. The Morgan fingerprint density at radius 1 is 0.839 bits per heavy atom. The summed E-state index contributed by atoms with van der Waals surface area (Å²) >= 11 is 6.05. The monoisotopic (exact) mass is 782 g/mol. The number of nitrogens with one attached hydrogen (secondary N) is 3. The van der Waals surface area contributed by atoms with Gasteiger partial charge in [-0.15, -0.1) is 0 Å². The zero-order chi connectivity index (χ0) is 40.5. The number of benzene rings is 4. The Labute approximate surface area is 331 Å². The van der Waals surface area contributed by atoms with Crippen molar-refractivity contribution in [2.45, 2.75) is 63.7 Å². The molecule has 0 aliphatic carbocycles. The third-order valence-corrected chi connectivity index (χ3v) is 10.1. The summed E-state index contributed by atoms with van der Waals surface area (Å²) in [6, 6.07) is 20.4. The molecule has 13 heteroatoms. The number of carbonyl (C=O) groups is 5. The number of methoxy groups -OCH3 is 3. The van der Waals surface area contributed by atoms with Gasteiger partial charge in [-0.25, -0.2) is 4.79 Å². The number of carbonyl (C=O) groups excluding carboxylic acids is 5. The third-order valence-electron chi connectivity index (χ3n) is 9.85. The number of hydrogen-bond donors (Lipinski definition) is 3. The Morgan fingerprint density at radius 3 is 2.05 bits per heavy atom. The summed E-state index contributed by atoms with van der Waals surface area (Å²) in [6.07, 6.45) is 1.78. The summed E-state index contributed by atoms with van der Waals surface area (Å²) in [5, 5.41) is 8.97. The van der Waals surface area contributed by atoms with Crippen molar-refractivity contribution in [2.24, 2.45) is 0 Å². The largest absolute Gasteiger partial charge is 0.496 e. The van der Waals surface area contributed by atoms with Crippen LogP contribution in [-0.2, 0) is 30.3 Å². The van der Waals surface area contributed by atoms with Crippen LogP contribution < -0.4 is 25.4 Å². The molecular weight excluding hydrogens is 736 g/mol. The van der Waals surface area contributed by atoms with Crippen molar-refractivity contribution in [3.05, 3.63) is 107 Å². The molecule has 4 aromatic rings. The lowest BCUT2D eigenvalue weighted by atomic mass is 9.93. The maximum Gasteiger partial charge on any atom is 0.328 e. The van der Waals surface area contributed by atoms with Gasteiger partial charge in [0.1, 0.15) is 35.7 Å². The molecule has 0 aromatic heterocycles. The number of unbranched alkanes of at least 4 members (excludes halogenated alkanes) is 1. The SMILES string of the molecule is CCCC[C@H](NC(=O)c1ccc(-c2ccc(Cl)cc2)cc1)C(=O)N(C)[C@@H]1C(=O)N[C@@H](C)C(=O)N[C@H](C(=O)OC)Cc2ccc(OC)c(c2)-c2cc1ccc2OC. The predicted octanol–water partition coefficient (Wildman–Crippen LogP) is 5.90. The van der Waals surface area contributed by atoms with Crippen LogP contribution in [0.4, 0.5) is 0 Å². The van der Waals surface area contributed by atoms with Crippen molar-refractivity contribution >= 4 is 41.2 Å². The van der Waals surface area contributed by atoms with Crippen LogP contribution in [0.2, 0.25) is 5.02 Å². The van der Waals surface area contributed by atoms with E-state index in [1.807, 2.05) is 37.3 Å². The van der Waals surface area contributed by atoms with Crippen molar-refractivity contribution in [3.63, 3.8) is 0 Å². The molecule has 0 radical (unpaired) electrons. The molecule has 0 saturated carbocycles. The quantitative estimate of drug-likeness (QED) is 0.159. The van der Waals surface area contributed by atoms with Crippen LogP contribution in [0.1, 0.15) is 60.6 Å². The highest BCUT2D eigenvalue weighted by molar-refractivity contribution is 6.30. The summed E-state index contributed by atoms with van der Waals surface area (Å²) in [5.74, 6) is -1.96. The molecule has 0 spiro atoms. The lowest BCUT2D eigenvalue weighted by Crippen LogP contribution is -2.55. The normalized spacial score (nSPS) is 17.3. The number of esters is 1. The minimum Gasteiger partial charge on any atom is -0.496 e. The van der Waals surface area contributed by atoms with Crippen LogP contribution >= 0.6 is 11.6 Å². The molecule has 4 amide bonds. The Bertz CT molecular complexity index is 2070. The molecule has 1 aliphatic rings. The summed E-state index contributed by atoms with van der Waals surface area (Å²) < 4.78 is 16.5. The maximum absolute atomic E-state index is 14.5. The van der Waals surface area contributed by atoms with Crippen LogP contribution in [0, 0.1) is 0 Å². The second-order valence-corrected chi connectivity index (χ2v) is 14.1.